The van der Waals surface area contributed by atoms with Gasteiger partial charge in [0, 0.05) is 37.6 Å². The van der Waals surface area contributed by atoms with Gasteiger partial charge in [-0.3, -0.25) is 14.7 Å². The summed E-state index contributed by atoms with van der Waals surface area (Å²) in [7, 11) is 0. The lowest BCUT2D eigenvalue weighted by Crippen LogP contribution is -2.51. The molecule has 0 spiro atoms. The van der Waals surface area contributed by atoms with Gasteiger partial charge in [0.15, 0.2) is 0 Å². The molecule has 0 radical (unpaired) electrons. The summed E-state index contributed by atoms with van der Waals surface area (Å²) in [5.74, 6) is -0.751. The fraction of sp³-hybridized carbons (Fsp3) is 0.333. The minimum atomic E-state index is -0.645. The van der Waals surface area contributed by atoms with Gasteiger partial charge in [-0.1, -0.05) is 12.1 Å². The lowest BCUT2D eigenvalue weighted by Gasteiger charge is -2.35. The Morgan fingerprint density at radius 2 is 2.04 bits per heavy atom. The molecule has 0 unspecified atom stereocenters. The van der Waals surface area contributed by atoms with Crippen molar-refractivity contribution in [2.45, 2.75) is 25.7 Å². The molecule has 0 saturated carbocycles. The monoisotopic (exact) mass is 329 g/mol. The first-order valence-corrected chi connectivity index (χ1v) is 7.89. The fourth-order valence-electron chi connectivity index (χ4n) is 2.97. The number of aromatic nitrogens is 1. The van der Waals surface area contributed by atoms with Gasteiger partial charge >= 0.3 is 0 Å². The molecule has 1 amide bonds. The van der Waals surface area contributed by atoms with E-state index >= 15 is 0 Å². The van der Waals surface area contributed by atoms with E-state index in [1.54, 1.807) is 18.5 Å². The average Bonchev–Trinajstić information content (AvgIpc) is 2.57. The van der Waals surface area contributed by atoms with Gasteiger partial charge in [-0.2, -0.15) is 0 Å². The molecule has 2 atom stereocenters. The molecular formula is C18H20FN3O2. The van der Waals surface area contributed by atoms with E-state index in [4.69, 9.17) is 10.5 Å². The number of amides is 1. The second kappa shape index (κ2) is 7.07. The normalized spacial score (nSPS) is 21.6. The van der Waals surface area contributed by atoms with Crippen LogP contribution in [0.15, 0.2) is 42.7 Å². The van der Waals surface area contributed by atoms with E-state index in [0.717, 1.165) is 11.1 Å². The smallest absolute Gasteiger partial charge is 0.247 e. The highest BCUT2D eigenvalue weighted by Crippen LogP contribution is 2.23. The van der Waals surface area contributed by atoms with E-state index in [1.165, 1.54) is 6.07 Å². The molecule has 0 bridgehead atoms. The number of hydrogen-bond acceptors (Lipinski definition) is 4. The maximum Gasteiger partial charge on any atom is 0.247 e. The first kappa shape index (κ1) is 16.5. The van der Waals surface area contributed by atoms with Crippen LogP contribution in [0.3, 0.4) is 0 Å². The van der Waals surface area contributed by atoms with E-state index in [2.05, 4.69) is 4.98 Å². The van der Waals surface area contributed by atoms with Crippen LogP contribution < -0.4 is 5.73 Å². The molecule has 6 heteroatoms. The van der Waals surface area contributed by atoms with Crippen molar-refractivity contribution in [2.75, 3.05) is 13.1 Å². The number of hydrogen-bond donors (Lipinski definition) is 1. The van der Waals surface area contributed by atoms with Crippen LogP contribution in [0.5, 0.6) is 0 Å². The predicted octanol–water partition coefficient (Wildman–Crippen LogP) is 1.96. The standard InChI is InChI=1S/C18H20FN3O2/c1-12-9-22(11-17(24-12)18(20)23)10-15-3-2-14(8-16(15)19)13-4-6-21-7-5-13/h2-8,12,17H,9-11H2,1H3,(H2,20,23)/t12-,17+/m1/s1. The van der Waals surface area contributed by atoms with Crippen LogP contribution in [0, 0.1) is 5.82 Å². The van der Waals surface area contributed by atoms with Crippen molar-refractivity contribution in [2.24, 2.45) is 5.73 Å². The van der Waals surface area contributed by atoms with Crippen LogP contribution in [0.4, 0.5) is 4.39 Å². The SMILES string of the molecule is C[C@@H]1CN(Cc2ccc(-c3ccncc3)cc2F)C[C@@H](C(N)=O)O1. The highest BCUT2D eigenvalue weighted by Gasteiger charge is 2.29. The number of nitrogens with zero attached hydrogens (tertiary/aromatic N) is 2. The topological polar surface area (TPSA) is 68.5 Å². The summed E-state index contributed by atoms with van der Waals surface area (Å²) in [5.41, 5.74) is 7.65. The van der Waals surface area contributed by atoms with Gasteiger partial charge in [-0.05, 0) is 36.2 Å². The second-order valence-electron chi connectivity index (χ2n) is 6.07. The summed E-state index contributed by atoms with van der Waals surface area (Å²) in [6.45, 7) is 3.31. The van der Waals surface area contributed by atoms with Gasteiger partial charge in [0.1, 0.15) is 11.9 Å². The average molecular weight is 329 g/mol. The zero-order valence-corrected chi connectivity index (χ0v) is 13.5. The Kier molecular flexibility index (Phi) is 4.87. The van der Waals surface area contributed by atoms with Crippen LogP contribution in [0.2, 0.25) is 0 Å². The lowest BCUT2D eigenvalue weighted by atomic mass is 10.0. The Morgan fingerprint density at radius 1 is 1.29 bits per heavy atom. The molecule has 2 N–H and O–H groups in total. The zero-order chi connectivity index (χ0) is 17.1. The molecule has 24 heavy (non-hydrogen) atoms. The van der Waals surface area contributed by atoms with E-state index in [0.29, 0.717) is 25.2 Å². The van der Waals surface area contributed by atoms with Gasteiger partial charge in [-0.15, -0.1) is 0 Å². The van der Waals surface area contributed by atoms with Crippen LogP contribution in [0.1, 0.15) is 12.5 Å². The first-order valence-electron chi connectivity index (χ1n) is 7.89. The maximum absolute atomic E-state index is 14.5. The fourth-order valence-corrected chi connectivity index (χ4v) is 2.97. The van der Waals surface area contributed by atoms with Gasteiger partial charge in [0.2, 0.25) is 5.91 Å². The maximum atomic E-state index is 14.5. The number of carbonyl (C=O) groups is 1. The molecule has 126 valence electrons. The van der Waals surface area contributed by atoms with Crippen molar-refractivity contribution < 1.29 is 13.9 Å². The van der Waals surface area contributed by atoms with Gasteiger partial charge < -0.3 is 10.5 Å². The number of halogens is 1. The Hall–Kier alpha value is -2.31. The molecule has 1 aromatic heterocycles. The van der Waals surface area contributed by atoms with E-state index in [1.807, 2.05) is 30.0 Å². The largest absolute Gasteiger partial charge is 0.367 e. The van der Waals surface area contributed by atoms with Crippen molar-refractivity contribution in [3.8, 4) is 11.1 Å². The summed E-state index contributed by atoms with van der Waals surface area (Å²) >= 11 is 0. The lowest BCUT2D eigenvalue weighted by molar-refractivity contribution is -0.142. The minimum Gasteiger partial charge on any atom is -0.367 e. The number of rotatable bonds is 4. The Labute approximate surface area is 140 Å². The molecular weight excluding hydrogens is 309 g/mol. The first-order chi connectivity index (χ1) is 11.5. The van der Waals surface area contributed by atoms with Crippen LogP contribution in [0.25, 0.3) is 11.1 Å². The number of morpholine rings is 1. The quantitative estimate of drug-likeness (QED) is 0.931. The van der Waals surface area contributed by atoms with Gasteiger partial charge in [0.25, 0.3) is 0 Å². The number of nitrogens with two attached hydrogens (primary N) is 1. The van der Waals surface area contributed by atoms with Gasteiger partial charge in [0.05, 0.1) is 6.10 Å². The third kappa shape index (κ3) is 3.77. The van der Waals surface area contributed by atoms with Crippen molar-refractivity contribution in [3.63, 3.8) is 0 Å². The van der Waals surface area contributed by atoms with Crippen LogP contribution >= 0.6 is 0 Å². The molecule has 1 saturated heterocycles. The zero-order valence-electron chi connectivity index (χ0n) is 13.5. The van der Waals surface area contributed by atoms with Crippen molar-refractivity contribution in [3.05, 3.63) is 54.1 Å². The highest BCUT2D eigenvalue weighted by molar-refractivity contribution is 5.79. The summed E-state index contributed by atoms with van der Waals surface area (Å²) in [5, 5.41) is 0. The number of primary amides is 1. The molecule has 1 fully saturated rings. The molecule has 2 heterocycles. The summed E-state index contributed by atoms with van der Waals surface area (Å²) in [6, 6.07) is 8.89. The third-order valence-corrected chi connectivity index (χ3v) is 4.11. The molecule has 5 nitrogen and oxygen atoms in total. The molecule has 1 aliphatic heterocycles. The summed E-state index contributed by atoms with van der Waals surface area (Å²) < 4.78 is 20.0. The molecule has 2 aromatic rings. The van der Waals surface area contributed by atoms with E-state index in [9.17, 15) is 9.18 Å². The van der Waals surface area contributed by atoms with Crippen molar-refractivity contribution in [1.29, 1.82) is 0 Å². The Balaban J connectivity index is 1.75. The van der Waals surface area contributed by atoms with Crippen LogP contribution in [-0.4, -0.2) is 41.1 Å². The Morgan fingerprint density at radius 3 is 2.71 bits per heavy atom. The minimum absolute atomic E-state index is 0.115. The number of benzene rings is 1. The molecule has 0 aliphatic carbocycles. The number of carbonyl (C=O) groups excluding carboxylic acids is 1. The third-order valence-electron chi connectivity index (χ3n) is 4.11. The summed E-state index contributed by atoms with van der Waals surface area (Å²) in [6.07, 6.45) is 2.60. The predicted molar refractivity (Wildman–Crippen MR) is 88.4 cm³/mol. The number of ether oxygens (including phenoxy) is 1. The van der Waals surface area contributed by atoms with Crippen molar-refractivity contribution in [1.82, 2.24) is 9.88 Å². The Bertz CT molecular complexity index is 723. The second-order valence-corrected chi connectivity index (χ2v) is 6.07. The van der Waals surface area contributed by atoms with E-state index in [-0.39, 0.29) is 11.9 Å². The molecule has 1 aliphatic rings. The van der Waals surface area contributed by atoms with Crippen LogP contribution in [-0.2, 0) is 16.1 Å². The van der Waals surface area contributed by atoms with E-state index < -0.39 is 12.0 Å². The van der Waals surface area contributed by atoms with Crippen molar-refractivity contribution >= 4 is 5.91 Å². The van der Waals surface area contributed by atoms with Gasteiger partial charge in [-0.25, -0.2) is 4.39 Å². The summed E-state index contributed by atoms with van der Waals surface area (Å²) in [4.78, 5) is 17.3. The number of pyridine rings is 1. The highest BCUT2D eigenvalue weighted by atomic mass is 19.1. The molecule has 3 rings (SSSR count). The molecule has 1 aromatic carbocycles.